The Bertz CT molecular complexity index is 196. The van der Waals surface area contributed by atoms with E-state index in [1.165, 1.54) is 11.8 Å². The van der Waals surface area contributed by atoms with Crippen LogP contribution in [0.15, 0.2) is 0 Å². The number of aliphatic carboxylic acids is 2. The minimum Gasteiger partial charge on any atom is -0.548 e. The summed E-state index contributed by atoms with van der Waals surface area (Å²) in [5, 5.41) is 23.1. The van der Waals surface area contributed by atoms with Crippen molar-refractivity contribution in [2.75, 3.05) is 11.5 Å². The van der Waals surface area contributed by atoms with Crippen LogP contribution in [0.2, 0.25) is 0 Å². The first-order valence-corrected chi connectivity index (χ1v) is 4.52. The molecule has 0 bridgehead atoms. The van der Waals surface area contributed by atoms with Gasteiger partial charge in [-0.05, 0) is 0 Å². The van der Waals surface area contributed by atoms with Crippen molar-refractivity contribution < 1.29 is 57.5 Å². The van der Waals surface area contributed by atoms with Crippen molar-refractivity contribution in [3.63, 3.8) is 0 Å². The first-order chi connectivity index (χ1) is 5.61. The molecule has 0 spiro atoms. The van der Waals surface area contributed by atoms with Gasteiger partial charge in [0.05, 0.1) is 24.0 Å². The monoisotopic (exact) mass is 203 g/mol. The Hall–Kier alpha value is 0.445. The van der Waals surface area contributed by atoms with Crippen LogP contribution in [0.1, 0.15) is 0 Å². The largest absolute Gasteiger partial charge is 1.00 e. The smallest absolute Gasteiger partial charge is 0.548 e. The number of carboxylic acid groups (broad SMARTS) is 2. The van der Waals surface area contributed by atoms with Gasteiger partial charge in [0, 0.05) is 11.5 Å². The third-order valence-corrected chi connectivity index (χ3v) is 2.68. The normalized spacial score (nSPS) is 25.4. The van der Waals surface area contributed by atoms with Gasteiger partial charge in [-0.1, -0.05) is 0 Å². The fourth-order valence-electron chi connectivity index (χ4n) is 0.915. The molecule has 5 nitrogen and oxygen atoms in total. The molecular formula is C6H7Li2NO4S. The fourth-order valence-corrected chi connectivity index (χ4v) is 1.99. The Morgan fingerprint density at radius 2 is 1.43 bits per heavy atom. The Kier molecular flexibility index (Phi) is 9.27. The second-order valence-corrected chi connectivity index (χ2v) is 3.52. The molecule has 1 heterocycles. The molecule has 0 saturated carbocycles. The summed E-state index contributed by atoms with van der Waals surface area (Å²) in [5.74, 6) is -1.86. The number of thioether (sulfide) groups is 1. The molecule has 0 aromatic carbocycles. The van der Waals surface area contributed by atoms with Crippen LogP contribution in [-0.4, -0.2) is 35.5 Å². The molecule has 0 radical (unpaired) electrons. The minimum atomic E-state index is -1.27. The molecule has 8 heteroatoms. The van der Waals surface area contributed by atoms with Crippen LogP contribution in [0.5, 0.6) is 0 Å². The number of carboxylic acids is 2. The maximum absolute atomic E-state index is 10.3. The molecule has 14 heavy (non-hydrogen) atoms. The SMILES string of the molecule is O=C([O-])C1CSCC(C(=O)[O-])N1.[Li+].[Li+]. The van der Waals surface area contributed by atoms with E-state index >= 15 is 0 Å². The Morgan fingerprint density at radius 1 is 1.07 bits per heavy atom. The van der Waals surface area contributed by atoms with Gasteiger partial charge in [0.25, 0.3) is 0 Å². The molecule has 68 valence electrons. The van der Waals surface area contributed by atoms with E-state index in [1.54, 1.807) is 0 Å². The molecule has 0 aromatic rings. The van der Waals surface area contributed by atoms with Crippen molar-refractivity contribution in [3.05, 3.63) is 0 Å². The van der Waals surface area contributed by atoms with Crippen LogP contribution < -0.4 is 53.3 Å². The Morgan fingerprint density at radius 3 is 1.71 bits per heavy atom. The summed E-state index contributed by atoms with van der Waals surface area (Å²) in [6, 6.07) is -1.77. The molecule has 0 aromatic heterocycles. The molecule has 1 N–H and O–H groups in total. The molecule has 1 saturated heterocycles. The van der Waals surface area contributed by atoms with Crippen LogP contribution in [0, 0.1) is 0 Å². The summed E-state index contributed by atoms with van der Waals surface area (Å²) in [7, 11) is 0. The second kappa shape index (κ2) is 7.70. The third kappa shape index (κ3) is 4.79. The molecule has 0 amide bonds. The molecule has 1 fully saturated rings. The number of hydrogen-bond acceptors (Lipinski definition) is 6. The third-order valence-electron chi connectivity index (χ3n) is 1.54. The minimum absolute atomic E-state index is 0. The van der Waals surface area contributed by atoms with Gasteiger partial charge in [-0.25, -0.2) is 0 Å². The second-order valence-electron chi connectivity index (χ2n) is 2.45. The first kappa shape index (κ1) is 16.9. The van der Waals surface area contributed by atoms with E-state index < -0.39 is 24.0 Å². The number of hydrogen-bond donors (Lipinski definition) is 1. The van der Waals surface area contributed by atoms with Crippen LogP contribution in [0.3, 0.4) is 0 Å². The summed E-state index contributed by atoms with van der Waals surface area (Å²) in [5.41, 5.74) is 0. The molecule has 0 aliphatic carbocycles. The summed E-state index contributed by atoms with van der Waals surface area (Å²) >= 11 is 1.26. The predicted octanol–water partition coefficient (Wildman–Crippen LogP) is -9.43. The van der Waals surface area contributed by atoms with Crippen LogP contribution in [0.25, 0.3) is 0 Å². The van der Waals surface area contributed by atoms with E-state index in [-0.39, 0.29) is 37.7 Å². The molecular weight excluding hydrogens is 196 g/mol. The summed E-state index contributed by atoms with van der Waals surface area (Å²) < 4.78 is 0. The summed E-state index contributed by atoms with van der Waals surface area (Å²) in [6.07, 6.45) is 0. The van der Waals surface area contributed by atoms with Gasteiger partial charge < -0.3 is 19.8 Å². The summed E-state index contributed by atoms with van der Waals surface area (Å²) in [4.78, 5) is 20.6. The maximum atomic E-state index is 10.3. The number of rotatable bonds is 2. The van der Waals surface area contributed by atoms with E-state index in [0.717, 1.165) is 0 Å². The zero-order valence-corrected chi connectivity index (χ0v) is 8.93. The topological polar surface area (TPSA) is 92.3 Å². The first-order valence-electron chi connectivity index (χ1n) is 3.37. The van der Waals surface area contributed by atoms with E-state index in [4.69, 9.17) is 0 Å². The maximum Gasteiger partial charge on any atom is 1.00 e. The van der Waals surface area contributed by atoms with Crippen molar-refractivity contribution in [2.45, 2.75) is 12.1 Å². The van der Waals surface area contributed by atoms with Gasteiger partial charge in [0.1, 0.15) is 0 Å². The average molecular weight is 203 g/mol. The van der Waals surface area contributed by atoms with E-state index in [9.17, 15) is 19.8 Å². The van der Waals surface area contributed by atoms with Crippen molar-refractivity contribution in [3.8, 4) is 0 Å². The van der Waals surface area contributed by atoms with E-state index in [0.29, 0.717) is 11.5 Å². The number of nitrogens with one attached hydrogen (secondary N) is 1. The Balaban J connectivity index is 0. The number of carbonyl (C=O) groups excluding carboxylic acids is 2. The van der Waals surface area contributed by atoms with E-state index in [2.05, 4.69) is 5.32 Å². The fraction of sp³-hybridized carbons (Fsp3) is 0.667. The van der Waals surface area contributed by atoms with Gasteiger partial charge in [-0.3, -0.25) is 5.32 Å². The van der Waals surface area contributed by atoms with E-state index in [1.807, 2.05) is 0 Å². The van der Waals surface area contributed by atoms with Gasteiger partial charge in [0.15, 0.2) is 0 Å². The van der Waals surface area contributed by atoms with Crippen LogP contribution in [-0.2, 0) is 9.59 Å². The standard InChI is InChI=1S/C6H9NO4S.2Li/c8-5(9)3-1-12-2-4(7-3)6(10)11;;/h3-4,7H,1-2H2,(H,8,9)(H,10,11);;/q;2*+1/p-2. The molecule has 1 rings (SSSR count). The predicted molar refractivity (Wildman–Crippen MR) is 38.1 cm³/mol. The molecule has 1 aliphatic heterocycles. The van der Waals surface area contributed by atoms with Crippen LogP contribution in [0.4, 0.5) is 0 Å². The quantitative estimate of drug-likeness (QED) is 0.448. The average Bonchev–Trinajstić information content (AvgIpc) is 2.04. The van der Waals surface area contributed by atoms with Gasteiger partial charge in [-0.15, -0.1) is 0 Å². The molecule has 1 aliphatic rings. The van der Waals surface area contributed by atoms with Crippen molar-refractivity contribution in [1.82, 2.24) is 5.32 Å². The molecule has 2 unspecified atom stereocenters. The zero-order valence-electron chi connectivity index (χ0n) is 8.11. The van der Waals surface area contributed by atoms with Gasteiger partial charge in [-0.2, -0.15) is 11.8 Å². The molecule has 2 atom stereocenters. The Labute approximate surface area is 110 Å². The van der Waals surface area contributed by atoms with Gasteiger partial charge >= 0.3 is 37.7 Å². The van der Waals surface area contributed by atoms with Crippen molar-refractivity contribution in [2.24, 2.45) is 0 Å². The summed E-state index contributed by atoms with van der Waals surface area (Å²) in [6.45, 7) is 0. The number of carbonyl (C=O) groups is 2. The van der Waals surface area contributed by atoms with Gasteiger partial charge in [0.2, 0.25) is 0 Å². The van der Waals surface area contributed by atoms with Crippen molar-refractivity contribution in [1.29, 1.82) is 0 Å². The zero-order chi connectivity index (χ0) is 9.14. The van der Waals surface area contributed by atoms with Crippen molar-refractivity contribution >= 4 is 23.7 Å². The van der Waals surface area contributed by atoms with Crippen LogP contribution >= 0.6 is 11.8 Å².